The molecule has 0 aromatic heterocycles. The molecular formula is C21H15N3O4. The molecule has 0 radical (unpaired) electrons. The van der Waals surface area contributed by atoms with Crippen LogP contribution >= 0.6 is 0 Å². The summed E-state index contributed by atoms with van der Waals surface area (Å²) in [5.74, 6) is -0.403. The quantitative estimate of drug-likeness (QED) is 0.306. The topological polar surface area (TPSA) is 119 Å². The van der Waals surface area contributed by atoms with Crippen molar-refractivity contribution in [1.82, 2.24) is 0 Å². The van der Waals surface area contributed by atoms with Gasteiger partial charge in [-0.25, -0.2) is 0 Å². The third kappa shape index (κ3) is 3.97. The van der Waals surface area contributed by atoms with Crippen LogP contribution in [0.5, 0.6) is 5.75 Å². The van der Waals surface area contributed by atoms with Crippen molar-refractivity contribution in [2.45, 2.75) is 6.61 Å². The molecule has 0 spiro atoms. The molecule has 7 heteroatoms. The van der Waals surface area contributed by atoms with Crippen LogP contribution in [0.15, 0.2) is 66.2 Å². The average molecular weight is 373 g/mol. The van der Waals surface area contributed by atoms with Crippen molar-refractivity contribution >= 4 is 28.4 Å². The Balaban J connectivity index is 2.02. The molecule has 0 fully saturated rings. The van der Waals surface area contributed by atoms with Crippen molar-refractivity contribution in [3.63, 3.8) is 0 Å². The van der Waals surface area contributed by atoms with E-state index in [4.69, 9.17) is 10.5 Å². The lowest BCUT2D eigenvalue weighted by atomic mass is 10.0. The van der Waals surface area contributed by atoms with Crippen LogP contribution in [0.2, 0.25) is 0 Å². The Morgan fingerprint density at radius 1 is 1.18 bits per heavy atom. The van der Waals surface area contributed by atoms with E-state index in [9.17, 15) is 20.2 Å². The molecule has 3 aromatic carbocycles. The molecule has 0 aliphatic rings. The molecule has 3 rings (SSSR count). The zero-order valence-corrected chi connectivity index (χ0v) is 14.7. The van der Waals surface area contributed by atoms with Crippen LogP contribution < -0.4 is 10.5 Å². The fourth-order valence-electron chi connectivity index (χ4n) is 2.77. The summed E-state index contributed by atoms with van der Waals surface area (Å²) in [6.45, 7) is 0.0827. The van der Waals surface area contributed by atoms with Gasteiger partial charge in [-0.2, -0.15) is 5.26 Å². The van der Waals surface area contributed by atoms with E-state index >= 15 is 0 Å². The number of nitrogens with zero attached hydrogens (tertiary/aromatic N) is 2. The zero-order valence-electron chi connectivity index (χ0n) is 14.7. The molecule has 0 atom stereocenters. The minimum atomic E-state index is -0.833. The molecular weight excluding hydrogens is 358 g/mol. The summed E-state index contributed by atoms with van der Waals surface area (Å²) in [7, 11) is 0. The summed E-state index contributed by atoms with van der Waals surface area (Å²) in [6.07, 6.45) is 1.40. The summed E-state index contributed by atoms with van der Waals surface area (Å²) >= 11 is 0. The largest absolute Gasteiger partial charge is 0.488 e. The van der Waals surface area contributed by atoms with E-state index in [1.165, 1.54) is 18.2 Å². The summed E-state index contributed by atoms with van der Waals surface area (Å²) in [5, 5.41) is 21.8. The first-order valence-electron chi connectivity index (χ1n) is 8.29. The van der Waals surface area contributed by atoms with Gasteiger partial charge in [-0.3, -0.25) is 14.9 Å². The number of amides is 1. The number of fused-ring (bicyclic) bond motifs is 1. The normalized spacial score (nSPS) is 11.0. The summed E-state index contributed by atoms with van der Waals surface area (Å²) in [6, 6.07) is 18.9. The van der Waals surface area contributed by atoms with E-state index in [-0.39, 0.29) is 17.9 Å². The number of carbonyl (C=O) groups excluding carboxylic acids is 1. The van der Waals surface area contributed by atoms with Crippen molar-refractivity contribution in [1.29, 1.82) is 5.26 Å². The van der Waals surface area contributed by atoms with Gasteiger partial charge in [0.05, 0.1) is 4.92 Å². The Kier molecular flexibility index (Phi) is 5.33. The summed E-state index contributed by atoms with van der Waals surface area (Å²) in [4.78, 5) is 21.9. The first kappa shape index (κ1) is 18.6. The second-order valence-electron chi connectivity index (χ2n) is 5.95. The lowest BCUT2D eigenvalue weighted by Crippen LogP contribution is -2.12. The van der Waals surface area contributed by atoms with Crippen molar-refractivity contribution < 1.29 is 14.5 Å². The molecule has 138 valence electrons. The van der Waals surface area contributed by atoms with Crippen LogP contribution in [0.4, 0.5) is 5.69 Å². The highest BCUT2D eigenvalue weighted by atomic mass is 16.6. The van der Waals surface area contributed by atoms with E-state index in [0.717, 1.165) is 10.8 Å². The Morgan fingerprint density at radius 3 is 2.68 bits per heavy atom. The average Bonchev–Trinajstić information content (AvgIpc) is 2.70. The predicted octanol–water partition coefficient (Wildman–Crippen LogP) is 3.72. The number of rotatable bonds is 6. The number of hydrogen-bond acceptors (Lipinski definition) is 5. The maximum absolute atomic E-state index is 11.5. The van der Waals surface area contributed by atoms with Gasteiger partial charge < -0.3 is 10.5 Å². The Bertz CT molecular complexity index is 1150. The highest BCUT2D eigenvalue weighted by Gasteiger charge is 2.12. The van der Waals surface area contributed by atoms with E-state index in [1.807, 2.05) is 30.3 Å². The SMILES string of the molecule is N#C/C(=C\c1c(OCc2cccc([N+](=O)[O-])c2)ccc2ccccc12)C(N)=O. The first-order chi connectivity index (χ1) is 13.5. The van der Waals surface area contributed by atoms with Crippen LogP contribution in [0.25, 0.3) is 16.8 Å². The molecule has 0 saturated carbocycles. The van der Waals surface area contributed by atoms with E-state index in [2.05, 4.69) is 0 Å². The number of nitro benzene ring substituents is 1. The Morgan fingerprint density at radius 2 is 1.96 bits per heavy atom. The lowest BCUT2D eigenvalue weighted by Gasteiger charge is -2.12. The van der Waals surface area contributed by atoms with Crippen molar-refractivity contribution in [3.05, 3.63) is 87.5 Å². The van der Waals surface area contributed by atoms with E-state index in [1.54, 1.807) is 24.3 Å². The molecule has 0 saturated heterocycles. The predicted molar refractivity (Wildman–Crippen MR) is 104 cm³/mol. The van der Waals surface area contributed by atoms with Gasteiger partial charge in [-0.1, -0.05) is 42.5 Å². The summed E-state index contributed by atoms with van der Waals surface area (Å²) in [5.41, 5.74) is 6.20. The van der Waals surface area contributed by atoms with Gasteiger partial charge >= 0.3 is 0 Å². The minimum Gasteiger partial charge on any atom is -0.488 e. The highest BCUT2D eigenvalue weighted by molar-refractivity contribution is 6.04. The van der Waals surface area contributed by atoms with Crippen LogP contribution in [-0.4, -0.2) is 10.8 Å². The Hall–Kier alpha value is -4.18. The molecule has 7 nitrogen and oxygen atoms in total. The third-order valence-electron chi connectivity index (χ3n) is 4.12. The van der Waals surface area contributed by atoms with Gasteiger partial charge in [0.1, 0.15) is 24.0 Å². The number of carbonyl (C=O) groups is 1. The van der Waals surface area contributed by atoms with E-state index in [0.29, 0.717) is 16.9 Å². The number of ether oxygens (including phenoxy) is 1. The highest BCUT2D eigenvalue weighted by Crippen LogP contribution is 2.31. The van der Waals surface area contributed by atoms with Crippen LogP contribution in [-0.2, 0) is 11.4 Å². The van der Waals surface area contributed by atoms with Crippen LogP contribution in [0, 0.1) is 21.4 Å². The van der Waals surface area contributed by atoms with Gasteiger partial charge in [0, 0.05) is 17.7 Å². The smallest absolute Gasteiger partial charge is 0.269 e. The molecule has 0 heterocycles. The molecule has 3 aromatic rings. The molecule has 1 amide bonds. The fourth-order valence-corrected chi connectivity index (χ4v) is 2.77. The summed E-state index contributed by atoms with van der Waals surface area (Å²) < 4.78 is 5.86. The minimum absolute atomic E-state index is 0.0276. The molecule has 0 aliphatic heterocycles. The number of nitriles is 1. The number of hydrogen-bond donors (Lipinski definition) is 1. The van der Waals surface area contributed by atoms with Crippen molar-refractivity contribution in [2.75, 3.05) is 0 Å². The van der Waals surface area contributed by atoms with Gasteiger partial charge in [0.25, 0.3) is 11.6 Å². The molecule has 0 bridgehead atoms. The van der Waals surface area contributed by atoms with E-state index < -0.39 is 10.8 Å². The van der Waals surface area contributed by atoms with Gasteiger partial charge in [0.15, 0.2) is 0 Å². The lowest BCUT2D eigenvalue weighted by molar-refractivity contribution is -0.384. The molecule has 2 N–H and O–H groups in total. The first-order valence-corrected chi connectivity index (χ1v) is 8.29. The maximum atomic E-state index is 11.5. The van der Waals surface area contributed by atoms with Gasteiger partial charge in [-0.15, -0.1) is 0 Å². The molecule has 28 heavy (non-hydrogen) atoms. The maximum Gasteiger partial charge on any atom is 0.269 e. The number of nitrogens with two attached hydrogens (primary N) is 1. The zero-order chi connectivity index (χ0) is 20.1. The second kappa shape index (κ2) is 8.01. The third-order valence-corrected chi connectivity index (χ3v) is 4.12. The van der Waals surface area contributed by atoms with Gasteiger partial charge in [-0.05, 0) is 28.5 Å². The fraction of sp³-hybridized carbons (Fsp3) is 0.0476. The van der Waals surface area contributed by atoms with Gasteiger partial charge in [0.2, 0.25) is 0 Å². The molecule has 0 aliphatic carbocycles. The Labute approximate surface area is 160 Å². The molecule has 0 unspecified atom stereocenters. The number of benzene rings is 3. The van der Waals surface area contributed by atoms with Crippen molar-refractivity contribution in [2.24, 2.45) is 5.73 Å². The number of non-ortho nitro benzene ring substituents is 1. The number of nitro groups is 1. The monoisotopic (exact) mass is 373 g/mol. The van der Waals surface area contributed by atoms with Crippen molar-refractivity contribution in [3.8, 4) is 11.8 Å². The number of primary amides is 1. The second-order valence-corrected chi connectivity index (χ2v) is 5.95. The van der Waals surface area contributed by atoms with Crippen LogP contribution in [0.1, 0.15) is 11.1 Å². The van der Waals surface area contributed by atoms with Crippen LogP contribution in [0.3, 0.4) is 0 Å². The standard InChI is InChI=1S/C21H15N3O4/c22-12-16(21(23)25)11-19-18-7-2-1-5-15(18)8-9-20(19)28-13-14-4-3-6-17(10-14)24(26)27/h1-11H,13H2,(H2,23,25)/b16-11+.